The molecule has 7 rings (SSSR count). The first-order valence-corrected chi connectivity index (χ1v) is 17.4. The Kier molecular flexibility index (Phi) is 8.33. The maximum atomic E-state index is 15.1. The van der Waals surface area contributed by atoms with Gasteiger partial charge < -0.3 is 20.0 Å². The average molecular weight is 708 g/mol. The number of aromatic nitrogens is 1. The molecule has 3 fully saturated rings. The van der Waals surface area contributed by atoms with E-state index in [1.165, 1.54) is 21.9 Å². The van der Waals surface area contributed by atoms with Gasteiger partial charge in [-0.3, -0.25) is 9.59 Å². The van der Waals surface area contributed by atoms with Gasteiger partial charge in [0.15, 0.2) is 5.17 Å². The summed E-state index contributed by atoms with van der Waals surface area (Å²) < 4.78 is 44.2. The highest BCUT2D eigenvalue weighted by atomic mass is 35.5. The van der Waals surface area contributed by atoms with Crippen LogP contribution in [0.1, 0.15) is 57.2 Å². The first-order valence-electron chi connectivity index (χ1n) is 15.8. The minimum absolute atomic E-state index is 0.0216. The molecule has 1 aromatic carbocycles. The summed E-state index contributed by atoms with van der Waals surface area (Å²) >= 11 is 13.3. The highest BCUT2D eigenvalue weighted by Crippen LogP contribution is 2.56. The third-order valence-corrected chi connectivity index (χ3v) is 11.6. The molecule has 1 spiro atoms. The fourth-order valence-corrected chi connectivity index (χ4v) is 8.98. The Bertz CT molecular complexity index is 1690. The number of benzene rings is 1. The maximum absolute atomic E-state index is 15.1. The number of nitrogens with zero attached hydrogens (tertiary/aromatic N) is 5. The number of rotatable bonds is 6. The first-order chi connectivity index (χ1) is 22.4. The Morgan fingerprint density at radius 2 is 1.94 bits per heavy atom. The molecule has 47 heavy (non-hydrogen) atoms. The summed E-state index contributed by atoms with van der Waals surface area (Å²) in [7, 11) is 0. The summed E-state index contributed by atoms with van der Waals surface area (Å²) in [5.41, 5.74) is 0.771. The van der Waals surface area contributed by atoms with Gasteiger partial charge >= 0.3 is 0 Å². The van der Waals surface area contributed by atoms with Crippen LogP contribution in [0.15, 0.2) is 52.1 Å². The zero-order valence-electron chi connectivity index (χ0n) is 26.2. The van der Waals surface area contributed by atoms with E-state index < -0.39 is 54.1 Å². The molecular formula is C33H35Cl2F3N6O2S. The molecule has 2 aromatic rings. The number of carbonyl (C=O) groups excluding carboxylic acids is 2. The Hall–Kier alpha value is -2.80. The van der Waals surface area contributed by atoms with Crippen molar-refractivity contribution in [1.82, 2.24) is 25.0 Å². The van der Waals surface area contributed by atoms with E-state index in [9.17, 15) is 18.4 Å². The first kappa shape index (κ1) is 32.7. The van der Waals surface area contributed by atoms with Crippen molar-refractivity contribution in [3.05, 3.63) is 74.3 Å². The highest BCUT2D eigenvalue weighted by molar-refractivity contribution is 8.18. The van der Waals surface area contributed by atoms with E-state index in [0.717, 1.165) is 30.2 Å². The number of allylic oxidation sites excluding steroid dienone is 1. The van der Waals surface area contributed by atoms with E-state index in [-0.39, 0.29) is 29.4 Å². The Balaban J connectivity index is 1.26. The second kappa shape index (κ2) is 12.0. The SMILES string of the molecule is CC(C)C1=C(C(=O)N2C[C@H](F)C[C@H]2C(=O)N2CC3(CC3)NC[C@@H]2CF)SC2=N[C@@](C)(c3ccc(Cl)nc3)[C@@H](c3ccc(Cl)c(F)c3)N21. The average Bonchev–Trinajstić information content (AvgIpc) is 3.36. The molecule has 2 saturated heterocycles. The van der Waals surface area contributed by atoms with E-state index >= 15 is 4.39 Å². The molecule has 2 amide bonds. The van der Waals surface area contributed by atoms with Crippen molar-refractivity contribution in [2.45, 2.75) is 75.4 Å². The van der Waals surface area contributed by atoms with E-state index in [4.69, 9.17) is 28.2 Å². The predicted octanol–water partition coefficient (Wildman–Crippen LogP) is 6.01. The van der Waals surface area contributed by atoms with E-state index in [1.54, 1.807) is 18.3 Å². The molecular weight excluding hydrogens is 672 g/mol. The van der Waals surface area contributed by atoms with Gasteiger partial charge in [0.2, 0.25) is 5.91 Å². The lowest BCUT2D eigenvalue weighted by molar-refractivity contribution is -0.145. The number of likely N-dealkylation sites (tertiary alicyclic amines) is 1. The van der Waals surface area contributed by atoms with Gasteiger partial charge in [-0.2, -0.15) is 0 Å². The molecule has 1 aromatic heterocycles. The molecule has 0 radical (unpaired) electrons. The number of pyridine rings is 1. The quantitative estimate of drug-likeness (QED) is 0.371. The van der Waals surface area contributed by atoms with Gasteiger partial charge in [-0.05, 0) is 61.2 Å². The minimum atomic E-state index is -1.40. The van der Waals surface area contributed by atoms with Gasteiger partial charge in [-0.1, -0.05) is 49.2 Å². The third kappa shape index (κ3) is 5.53. The minimum Gasteiger partial charge on any atom is -0.332 e. The second-order valence-electron chi connectivity index (χ2n) is 13.6. The smallest absolute Gasteiger partial charge is 0.263 e. The molecule has 5 atom stereocenters. The van der Waals surface area contributed by atoms with Crippen LogP contribution in [0, 0.1) is 11.7 Å². The Morgan fingerprint density at radius 3 is 2.57 bits per heavy atom. The fraction of sp³-hybridized carbons (Fsp3) is 0.515. The van der Waals surface area contributed by atoms with Crippen LogP contribution < -0.4 is 5.32 Å². The predicted molar refractivity (Wildman–Crippen MR) is 176 cm³/mol. The molecule has 8 nitrogen and oxygen atoms in total. The summed E-state index contributed by atoms with van der Waals surface area (Å²) in [6.45, 7) is 5.50. The van der Waals surface area contributed by atoms with E-state index in [1.807, 2.05) is 31.7 Å². The molecule has 0 unspecified atom stereocenters. The molecule has 14 heteroatoms. The second-order valence-corrected chi connectivity index (χ2v) is 15.3. The monoisotopic (exact) mass is 706 g/mol. The van der Waals surface area contributed by atoms with E-state index in [0.29, 0.717) is 39.6 Å². The number of thioether (sulfide) groups is 1. The molecule has 1 aliphatic carbocycles. The highest BCUT2D eigenvalue weighted by Gasteiger charge is 2.56. The number of amides is 2. The lowest BCUT2D eigenvalue weighted by Crippen LogP contribution is -2.63. The van der Waals surface area contributed by atoms with Crippen molar-refractivity contribution in [2.24, 2.45) is 10.9 Å². The number of hydrogen-bond acceptors (Lipinski definition) is 7. The maximum Gasteiger partial charge on any atom is 0.263 e. The molecule has 0 bridgehead atoms. The Morgan fingerprint density at radius 1 is 1.17 bits per heavy atom. The number of hydrogen-bond donors (Lipinski definition) is 1. The van der Waals surface area contributed by atoms with Crippen LogP contribution in [0.5, 0.6) is 0 Å². The van der Waals surface area contributed by atoms with Gasteiger partial charge in [0, 0.05) is 42.5 Å². The molecule has 5 heterocycles. The summed E-state index contributed by atoms with van der Waals surface area (Å²) in [4.78, 5) is 43.0. The normalized spacial score (nSPS) is 29.6. The van der Waals surface area contributed by atoms with Gasteiger partial charge in [-0.15, -0.1) is 0 Å². The molecule has 1 saturated carbocycles. The topological polar surface area (TPSA) is 81.1 Å². The van der Waals surface area contributed by atoms with Gasteiger partial charge in [0.1, 0.15) is 40.3 Å². The lowest BCUT2D eigenvalue weighted by Gasteiger charge is -2.42. The van der Waals surface area contributed by atoms with Crippen molar-refractivity contribution in [2.75, 3.05) is 26.3 Å². The number of fused-ring (bicyclic) bond motifs is 1. The largest absolute Gasteiger partial charge is 0.332 e. The fourth-order valence-electron chi connectivity index (χ4n) is 7.39. The standard InChI is InChI=1S/C33H35Cl2F3N6O2S/c1-17(2)26-27(30(46)42-15-20(37)11-24(42)29(45)43-16-33(8-9-33)40-14-21(43)12-36)47-31-41-32(3,19-5-7-25(35)39-13-19)28(44(26)31)18-4-6-22(34)23(38)10-18/h4-7,10,13,17,20-21,24,28,40H,8-9,11-12,14-16H2,1-3H3/t20-,21+,24+,28-,32+/m1/s1. The van der Waals surface area contributed by atoms with Crippen LogP contribution in [0.4, 0.5) is 13.2 Å². The number of alkyl halides is 2. The van der Waals surface area contributed by atoms with Crippen molar-refractivity contribution < 1.29 is 22.8 Å². The van der Waals surface area contributed by atoms with Crippen molar-refractivity contribution in [1.29, 1.82) is 0 Å². The van der Waals surface area contributed by atoms with Crippen LogP contribution in [0.25, 0.3) is 0 Å². The number of carbonyl (C=O) groups is 2. The number of amidine groups is 1. The van der Waals surface area contributed by atoms with Crippen LogP contribution in [0.3, 0.4) is 0 Å². The van der Waals surface area contributed by atoms with E-state index in [2.05, 4.69) is 10.3 Å². The summed E-state index contributed by atoms with van der Waals surface area (Å²) in [5, 5.41) is 4.17. The number of nitrogens with one attached hydrogen (secondary N) is 1. The van der Waals surface area contributed by atoms with Crippen LogP contribution in [-0.4, -0.2) is 86.8 Å². The zero-order chi connectivity index (χ0) is 33.4. The molecule has 4 aliphatic heterocycles. The van der Waals surface area contributed by atoms with Crippen molar-refractivity contribution >= 4 is 51.9 Å². The van der Waals surface area contributed by atoms with Crippen molar-refractivity contribution in [3.8, 4) is 0 Å². The van der Waals surface area contributed by atoms with Gasteiger partial charge in [0.05, 0.1) is 23.7 Å². The number of aliphatic imine (C=N–C) groups is 1. The van der Waals surface area contributed by atoms with Gasteiger partial charge in [-0.25, -0.2) is 23.1 Å². The lowest BCUT2D eigenvalue weighted by atomic mass is 9.81. The summed E-state index contributed by atoms with van der Waals surface area (Å²) in [6, 6.07) is 5.78. The van der Waals surface area contributed by atoms with Gasteiger partial charge in [0.25, 0.3) is 5.91 Å². The molecule has 1 N–H and O–H groups in total. The summed E-state index contributed by atoms with van der Waals surface area (Å²) in [6.07, 6.45) is 1.87. The third-order valence-electron chi connectivity index (χ3n) is 10.1. The van der Waals surface area contributed by atoms with Crippen LogP contribution >= 0.6 is 35.0 Å². The van der Waals surface area contributed by atoms with Crippen LogP contribution in [0.2, 0.25) is 10.2 Å². The number of halogens is 5. The van der Waals surface area contributed by atoms with Crippen LogP contribution in [-0.2, 0) is 15.1 Å². The van der Waals surface area contributed by atoms with Crippen molar-refractivity contribution in [3.63, 3.8) is 0 Å². The molecule has 250 valence electrons. The Labute approximate surface area is 285 Å². The molecule has 5 aliphatic rings. The number of piperazine rings is 1. The zero-order valence-corrected chi connectivity index (χ0v) is 28.5. The summed E-state index contributed by atoms with van der Waals surface area (Å²) in [5.74, 6) is -1.69.